The van der Waals surface area contributed by atoms with Crippen LogP contribution in [-0.2, 0) is 4.79 Å². The molecule has 1 heterocycles. The van der Waals surface area contributed by atoms with Crippen LogP contribution in [0.25, 0.3) is 11.1 Å². The Hall–Kier alpha value is -2.95. The van der Waals surface area contributed by atoms with Crippen molar-refractivity contribution in [2.75, 3.05) is 5.32 Å². The van der Waals surface area contributed by atoms with Crippen LogP contribution in [-0.4, -0.2) is 15.7 Å². The van der Waals surface area contributed by atoms with Crippen LogP contribution in [0.5, 0.6) is 0 Å². The zero-order valence-electron chi connectivity index (χ0n) is 13.3. The van der Waals surface area contributed by atoms with Gasteiger partial charge in [0.15, 0.2) is 0 Å². The number of hydrogen-bond acceptors (Lipinski definition) is 2. The fourth-order valence-electron chi connectivity index (χ4n) is 2.53. The molecule has 24 heavy (non-hydrogen) atoms. The van der Waals surface area contributed by atoms with Crippen LogP contribution in [0.2, 0.25) is 0 Å². The normalized spacial score (nSPS) is 11.9. The van der Waals surface area contributed by atoms with Crippen LogP contribution in [0.4, 0.5) is 10.1 Å². The molecular formula is C19H18FN3O. The predicted molar refractivity (Wildman–Crippen MR) is 92.0 cm³/mol. The topological polar surface area (TPSA) is 46.9 Å². The molecule has 0 aliphatic heterocycles. The number of carbonyl (C=O) groups is 1. The highest BCUT2D eigenvalue weighted by Gasteiger charge is 2.11. The second-order valence-corrected chi connectivity index (χ2v) is 5.68. The Labute approximate surface area is 139 Å². The van der Waals surface area contributed by atoms with E-state index in [0.717, 1.165) is 16.8 Å². The van der Waals surface area contributed by atoms with Crippen LogP contribution in [0.15, 0.2) is 67.0 Å². The summed E-state index contributed by atoms with van der Waals surface area (Å²) in [7, 11) is 0. The maximum atomic E-state index is 13.0. The third kappa shape index (κ3) is 3.87. The number of benzene rings is 2. The lowest BCUT2D eigenvalue weighted by molar-refractivity contribution is -0.116. The largest absolute Gasteiger partial charge is 0.326 e. The highest BCUT2D eigenvalue weighted by molar-refractivity contribution is 5.91. The molecule has 0 fully saturated rings. The number of amides is 1. The molecule has 2 aromatic carbocycles. The first kappa shape index (κ1) is 15.9. The summed E-state index contributed by atoms with van der Waals surface area (Å²) in [5.74, 6) is -0.343. The summed E-state index contributed by atoms with van der Waals surface area (Å²) in [5, 5.41) is 7.05. The molecule has 0 unspecified atom stereocenters. The average Bonchev–Trinajstić information content (AvgIpc) is 3.10. The third-order valence-electron chi connectivity index (χ3n) is 3.78. The van der Waals surface area contributed by atoms with E-state index >= 15 is 0 Å². The van der Waals surface area contributed by atoms with Crippen LogP contribution >= 0.6 is 0 Å². The summed E-state index contributed by atoms with van der Waals surface area (Å²) in [5.41, 5.74) is 2.54. The summed E-state index contributed by atoms with van der Waals surface area (Å²) < 4.78 is 14.8. The molecule has 3 rings (SSSR count). The Kier molecular flexibility index (Phi) is 4.70. The van der Waals surface area contributed by atoms with Gasteiger partial charge in [0.25, 0.3) is 0 Å². The first-order valence-corrected chi connectivity index (χ1v) is 7.77. The molecule has 0 saturated carbocycles. The monoisotopic (exact) mass is 323 g/mol. The van der Waals surface area contributed by atoms with Crippen molar-refractivity contribution in [2.45, 2.75) is 19.4 Å². The zero-order chi connectivity index (χ0) is 16.9. The van der Waals surface area contributed by atoms with Gasteiger partial charge in [-0.15, -0.1) is 0 Å². The summed E-state index contributed by atoms with van der Waals surface area (Å²) in [6, 6.07) is 15.6. The van der Waals surface area contributed by atoms with E-state index in [9.17, 15) is 9.18 Å². The Bertz CT molecular complexity index is 813. The molecule has 0 saturated heterocycles. The fourth-order valence-corrected chi connectivity index (χ4v) is 2.53. The summed E-state index contributed by atoms with van der Waals surface area (Å²) in [6.07, 6.45) is 3.87. The Morgan fingerprint density at radius 1 is 1.17 bits per heavy atom. The van der Waals surface area contributed by atoms with Crippen molar-refractivity contribution in [3.63, 3.8) is 0 Å². The van der Waals surface area contributed by atoms with Gasteiger partial charge >= 0.3 is 0 Å². The summed E-state index contributed by atoms with van der Waals surface area (Å²) in [4.78, 5) is 12.2. The summed E-state index contributed by atoms with van der Waals surface area (Å²) >= 11 is 0. The van der Waals surface area contributed by atoms with Gasteiger partial charge in [-0.3, -0.25) is 9.48 Å². The van der Waals surface area contributed by atoms with Crippen molar-refractivity contribution >= 4 is 11.6 Å². The fraction of sp³-hybridized carbons (Fsp3) is 0.158. The minimum Gasteiger partial charge on any atom is -0.326 e. The maximum absolute atomic E-state index is 13.0. The van der Waals surface area contributed by atoms with Gasteiger partial charge in [0.1, 0.15) is 5.82 Å². The van der Waals surface area contributed by atoms with Crippen molar-refractivity contribution in [1.82, 2.24) is 9.78 Å². The SMILES string of the molecule is C[C@@H](CC(=O)Nc1cccc(-c2ccc(F)cc2)c1)n1cccn1. The van der Waals surface area contributed by atoms with Crippen molar-refractivity contribution in [3.05, 3.63) is 72.8 Å². The van der Waals surface area contributed by atoms with Gasteiger partial charge < -0.3 is 5.32 Å². The van der Waals surface area contributed by atoms with Gasteiger partial charge in [0, 0.05) is 24.5 Å². The second-order valence-electron chi connectivity index (χ2n) is 5.68. The van der Waals surface area contributed by atoms with Crippen molar-refractivity contribution < 1.29 is 9.18 Å². The van der Waals surface area contributed by atoms with Crippen LogP contribution in [0.1, 0.15) is 19.4 Å². The molecule has 122 valence electrons. The highest BCUT2D eigenvalue weighted by Crippen LogP contribution is 2.23. The average molecular weight is 323 g/mol. The first-order valence-electron chi connectivity index (χ1n) is 7.77. The first-order chi connectivity index (χ1) is 11.6. The van der Waals surface area contributed by atoms with E-state index in [1.54, 1.807) is 23.0 Å². The molecule has 0 spiro atoms. The third-order valence-corrected chi connectivity index (χ3v) is 3.78. The van der Waals surface area contributed by atoms with E-state index < -0.39 is 0 Å². The lowest BCUT2D eigenvalue weighted by atomic mass is 10.1. The highest BCUT2D eigenvalue weighted by atomic mass is 19.1. The van der Waals surface area contributed by atoms with Gasteiger partial charge in [-0.05, 0) is 48.4 Å². The molecule has 5 heteroatoms. The molecule has 1 N–H and O–H groups in total. The molecule has 0 aliphatic carbocycles. The van der Waals surface area contributed by atoms with E-state index in [0.29, 0.717) is 6.42 Å². The predicted octanol–water partition coefficient (Wildman–Crippen LogP) is 4.28. The van der Waals surface area contributed by atoms with E-state index in [1.807, 2.05) is 43.5 Å². The van der Waals surface area contributed by atoms with Gasteiger partial charge in [-0.25, -0.2) is 4.39 Å². The molecule has 1 atom stereocenters. The van der Waals surface area contributed by atoms with Crippen LogP contribution in [0.3, 0.4) is 0 Å². The Morgan fingerprint density at radius 3 is 2.67 bits per heavy atom. The molecule has 0 aliphatic rings. The molecule has 1 aromatic heterocycles. The van der Waals surface area contributed by atoms with Crippen LogP contribution in [0, 0.1) is 5.82 Å². The van der Waals surface area contributed by atoms with Gasteiger partial charge in [0.2, 0.25) is 5.91 Å². The minimum absolute atomic E-state index is 0.0136. The van der Waals surface area contributed by atoms with Gasteiger partial charge in [0.05, 0.1) is 6.04 Å². The van der Waals surface area contributed by atoms with Gasteiger partial charge in [-0.1, -0.05) is 24.3 Å². The second kappa shape index (κ2) is 7.08. The van der Waals surface area contributed by atoms with E-state index in [4.69, 9.17) is 0 Å². The number of hydrogen-bond donors (Lipinski definition) is 1. The molecule has 3 aromatic rings. The van der Waals surface area contributed by atoms with E-state index in [2.05, 4.69) is 10.4 Å². The molecule has 0 bridgehead atoms. The van der Waals surface area contributed by atoms with Crippen molar-refractivity contribution in [2.24, 2.45) is 0 Å². The number of carbonyl (C=O) groups excluding carboxylic acids is 1. The molecule has 1 amide bonds. The maximum Gasteiger partial charge on any atom is 0.226 e. The van der Waals surface area contributed by atoms with Crippen molar-refractivity contribution in [1.29, 1.82) is 0 Å². The number of rotatable bonds is 5. The molecule has 0 radical (unpaired) electrons. The number of halogens is 1. The molecular weight excluding hydrogens is 305 g/mol. The number of nitrogens with one attached hydrogen (secondary N) is 1. The van der Waals surface area contributed by atoms with E-state index in [1.165, 1.54) is 12.1 Å². The number of anilines is 1. The van der Waals surface area contributed by atoms with Crippen LogP contribution < -0.4 is 5.32 Å². The molecule has 4 nitrogen and oxygen atoms in total. The zero-order valence-corrected chi connectivity index (χ0v) is 13.3. The smallest absolute Gasteiger partial charge is 0.226 e. The summed E-state index contributed by atoms with van der Waals surface area (Å²) in [6.45, 7) is 1.95. The lowest BCUT2D eigenvalue weighted by Gasteiger charge is -2.13. The lowest BCUT2D eigenvalue weighted by Crippen LogP contribution is -2.17. The Balaban J connectivity index is 1.68. The quantitative estimate of drug-likeness (QED) is 0.762. The van der Waals surface area contributed by atoms with E-state index in [-0.39, 0.29) is 17.8 Å². The Morgan fingerprint density at radius 2 is 1.96 bits per heavy atom. The minimum atomic E-state index is -0.268. The van der Waals surface area contributed by atoms with Gasteiger partial charge in [-0.2, -0.15) is 5.10 Å². The van der Waals surface area contributed by atoms with Crippen molar-refractivity contribution in [3.8, 4) is 11.1 Å². The standard InChI is InChI=1S/C19H18FN3O/c1-14(23-11-3-10-21-23)12-19(24)22-18-5-2-4-16(13-18)15-6-8-17(20)9-7-15/h2-11,13-14H,12H2,1H3,(H,22,24)/t14-/m0/s1. The number of aromatic nitrogens is 2. The number of nitrogens with zero attached hydrogens (tertiary/aromatic N) is 2.